The molecule has 0 aliphatic carbocycles. The number of carbonyl (C=O) groups is 4. The SMILES string of the molecule is CCC(C=C(C)CC(C)CCCC(CC(C)C(O)(O)C(=O)C(=O)N1CCCCC1C(=O)O)OC)C(=O)CC(O)C(C)CC(C)=CCCCCC(C)OC. The number of carbonyl (C=O) groups excluding carboxylic acids is 3. The smallest absolute Gasteiger partial charge is 0.326 e. The molecule has 0 aromatic carbocycles. The molecule has 11 nitrogen and oxygen atoms in total. The fourth-order valence-electron chi connectivity index (χ4n) is 7.36. The monoisotopic (exact) mass is 752 g/mol. The Balaban J connectivity index is 2.60. The highest BCUT2D eigenvalue weighted by molar-refractivity contribution is 6.39. The van der Waals surface area contributed by atoms with E-state index in [4.69, 9.17) is 9.47 Å². The number of carboxylic acid groups (broad SMARTS) is 1. The van der Waals surface area contributed by atoms with Crippen LogP contribution in [0.2, 0.25) is 0 Å². The molecule has 0 spiro atoms. The molecule has 1 heterocycles. The van der Waals surface area contributed by atoms with E-state index < -0.39 is 41.5 Å². The summed E-state index contributed by atoms with van der Waals surface area (Å²) in [5.41, 5.74) is 2.37. The van der Waals surface area contributed by atoms with E-state index in [0.717, 1.165) is 61.8 Å². The summed E-state index contributed by atoms with van der Waals surface area (Å²) < 4.78 is 10.9. The fourth-order valence-corrected chi connectivity index (χ4v) is 7.36. The van der Waals surface area contributed by atoms with Gasteiger partial charge in [0.15, 0.2) is 0 Å². The molecule has 1 amide bonds. The number of rotatable bonds is 27. The quantitative estimate of drug-likeness (QED) is 0.0303. The van der Waals surface area contributed by atoms with Gasteiger partial charge in [0.1, 0.15) is 11.8 Å². The molecule has 0 radical (unpaired) electrons. The molecule has 1 aliphatic heterocycles. The van der Waals surface area contributed by atoms with Gasteiger partial charge in [-0.05, 0) is 103 Å². The largest absolute Gasteiger partial charge is 0.480 e. The molecule has 0 aromatic heterocycles. The van der Waals surface area contributed by atoms with Crippen LogP contribution in [0.1, 0.15) is 145 Å². The number of hydrogen-bond donors (Lipinski definition) is 4. The van der Waals surface area contributed by atoms with Crippen molar-refractivity contribution in [3.8, 4) is 0 Å². The minimum absolute atomic E-state index is 0.00878. The Labute approximate surface area is 319 Å². The number of aliphatic carboxylic acids is 1. The second-order valence-electron chi connectivity index (χ2n) is 16.0. The zero-order valence-electron chi connectivity index (χ0n) is 34.3. The van der Waals surface area contributed by atoms with E-state index in [1.54, 1.807) is 7.11 Å². The van der Waals surface area contributed by atoms with Gasteiger partial charge in [0.2, 0.25) is 5.79 Å². The number of ketones is 2. The normalized spacial score (nSPS) is 19.9. The number of ether oxygens (including phenoxy) is 2. The third-order valence-corrected chi connectivity index (χ3v) is 11.1. The van der Waals surface area contributed by atoms with Crippen molar-refractivity contribution in [1.82, 2.24) is 4.90 Å². The summed E-state index contributed by atoms with van der Waals surface area (Å²) in [5.74, 6) is -7.69. The number of methoxy groups -OCH3 is 2. The van der Waals surface area contributed by atoms with Gasteiger partial charge in [-0.1, -0.05) is 70.3 Å². The molecule has 306 valence electrons. The summed E-state index contributed by atoms with van der Waals surface area (Å²) in [6.07, 6.45) is 13.9. The number of hydrogen-bond acceptors (Lipinski definition) is 9. The number of Topliss-reactive ketones (excluding diaryl/α,β-unsaturated/α-hetero) is 2. The summed E-state index contributed by atoms with van der Waals surface area (Å²) in [6, 6.07) is -1.16. The van der Waals surface area contributed by atoms with Crippen LogP contribution in [-0.4, -0.2) is 99.7 Å². The van der Waals surface area contributed by atoms with E-state index in [2.05, 4.69) is 26.8 Å². The summed E-state index contributed by atoms with van der Waals surface area (Å²) in [6.45, 7) is 13.9. The van der Waals surface area contributed by atoms with Crippen LogP contribution in [0.25, 0.3) is 0 Å². The molecular weight excluding hydrogens is 678 g/mol. The lowest BCUT2D eigenvalue weighted by Gasteiger charge is -2.35. The second kappa shape index (κ2) is 24.9. The number of unbranched alkanes of at least 4 members (excludes halogenated alkanes) is 2. The second-order valence-corrected chi connectivity index (χ2v) is 16.0. The minimum atomic E-state index is -2.95. The lowest BCUT2D eigenvalue weighted by Crippen LogP contribution is -2.57. The number of amides is 1. The molecular formula is C42H73NO10. The minimum Gasteiger partial charge on any atom is -0.480 e. The predicted octanol–water partition coefficient (Wildman–Crippen LogP) is 6.80. The van der Waals surface area contributed by atoms with Crippen LogP contribution in [0.15, 0.2) is 23.3 Å². The standard InChI is InChI=1S/C42H73NO10/c1-10-34(38(45)27-37(44)31(5)24-29(3)17-12-11-13-19-33(7)52-8)25-30(4)23-28(2)18-16-20-35(53-9)26-32(6)42(50,51)39(46)40(47)43-22-15-14-21-36(43)41(48)49/h17,25,28,31-37,44,50-51H,10-16,18-24,26-27H2,1-9H3,(H,48,49). The molecule has 0 bridgehead atoms. The molecule has 1 fully saturated rings. The Kier molecular flexibility index (Phi) is 22.8. The van der Waals surface area contributed by atoms with Crippen molar-refractivity contribution >= 4 is 23.4 Å². The van der Waals surface area contributed by atoms with Gasteiger partial charge in [-0.15, -0.1) is 0 Å². The number of piperidine rings is 1. The van der Waals surface area contributed by atoms with Gasteiger partial charge in [-0.3, -0.25) is 14.4 Å². The zero-order chi connectivity index (χ0) is 40.3. The number of carboxylic acids is 1. The first kappa shape index (κ1) is 48.6. The fraction of sp³-hybridized carbons (Fsp3) is 0.810. The molecule has 4 N–H and O–H groups in total. The van der Waals surface area contributed by atoms with Crippen molar-refractivity contribution in [2.45, 2.75) is 175 Å². The third kappa shape index (κ3) is 17.3. The van der Waals surface area contributed by atoms with Gasteiger partial charge >= 0.3 is 5.97 Å². The Morgan fingerprint density at radius 2 is 1.57 bits per heavy atom. The maximum absolute atomic E-state index is 13.2. The van der Waals surface area contributed by atoms with Crippen molar-refractivity contribution in [3.63, 3.8) is 0 Å². The van der Waals surface area contributed by atoms with Crippen molar-refractivity contribution in [3.05, 3.63) is 23.3 Å². The molecule has 8 atom stereocenters. The summed E-state index contributed by atoms with van der Waals surface area (Å²) in [4.78, 5) is 51.6. The summed E-state index contributed by atoms with van der Waals surface area (Å²) in [5, 5.41) is 41.8. The lowest BCUT2D eigenvalue weighted by molar-refractivity contribution is -0.208. The molecule has 11 heteroatoms. The van der Waals surface area contributed by atoms with E-state index in [0.29, 0.717) is 31.6 Å². The first-order valence-corrected chi connectivity index (χ1v) is 20.0. The van der Waals surface area contributed by atoms with Crippen LogP contribution in [0, 0.1) is 23.7 Å². The van der Waals surface area contributed by atoms with E-state index >= 15 is 0 Å². The van der Waals surface area contributed by atoms with Crippen LogP contribution in [0.4, 0.5) is 0 Å². The Hall–Kier alpha value is -2.44. The predicted molar refractivity (Wildman–Crippen MR) is 207 cm³/mol. The van der Waals surface area contributed by atoms with Crippen LogP contribution in [-0.2, 0) is 28.7 Å². The van der Waals surface area contributed by atoms with Gasteiger partial charge in [-0.25, -0.2) is 4.79 Å². The molecule has 0 aromatic rings. The molecule has 1 rings (SSSR count). The van der Waals surface area contributed by atoms with Crippen LogP contribution >= 0.6 is 0 Å². The highest BCUT2D eigenvalue weighted by Gasteiger charge is 2.47. The third-order valence-electron chi connectivity index (χ3n) is 11.1. The van der Waals surface area contributed by atoms with E-state index in [-0.39, 0.29) is 55.6 Å². The van der Waals surface area contributed by atoms with Crippen molar-refractivity contribution in [2.24, 2.45) is 23.7 Å². The first-order valence-electron chi connectivity index (χ1n) is 20.0. The van der Waals surface area contributed by atoms with E-state index in [9.17, 15) is 39.6 Å². The van der Waals surface area contributed by atoms with Gasteiger partial charge in [-0.2, -0.15) is 0 Å². The Morgan fingerprint density at radius 3 is 2.17 bits per heavy atom. The van der Waals surface area contributed by atoms with Crippen molar-refractivity contribution in [2.75, 3.05) is 20.8 Å². The zero-order valence-corrected chi connectivity index (χ0v) is 34.3. The van der Waals surface area contributed by atoms with E-state index in [1.165, 1.54) is 19.6 Å². The average Bonchev–Trinajstić information content (AvgIpc) is 3.11. The first-order chi connectivity index (χ1) is 24.9. The molecule has 0 saturated carbocycles. The number of allylic oxidation sites excluding steroid dienone is 4. The topological polar surface area (TPSA) is 171 Å². The van der Waals surface area contributed by atoms with Crippen LogP contribution in [0.3, 0.4) is 0 Å². The van der Waals surface area contributed by atoms with Gasteiger partial charge in [0.05, 0.1) is 18.3 Å². The Morgan fingerprint density at radius 1 is 0.887 bits per heavy atom. The van der Waals surface area contributed by atoms with E-state index in [1.807, 2.05) is 26.8 Å². The van der Waals surface area contributed by atoms with Crippen molar-refractivity contribution in [1.29, 1.82) is 0 Å². The molecule has 1 aliphatic rings. The number of nitrogens with zero attached hydrogens (tertiary/aromatic N) is 1. The maximum Gasteiger partial charge on any atom is 0.326 e. The number of aliphatic hydroxyl groups is 3. The molecule has 53 heavy (non-hydrogen) atoms. The van der Waals surface area contributed by atoms with Gasteiger partial charge in [0.25, 0.3) is 11.7 Å². The lowest BCUT2D eigenvalue weighted by atomic mass is 9.86. The maximum atomic E-state index is 13.2. The highest BCUT2D eigenvalue weighted by atomic mass is 16.5. The highest BCUT2D eigenvalue weighted by Crippen LogP contribution is 2.28. The number of aliphatic hydroxyl groups excluding tert-OH is 1. The number of likely N-dealkylation sites (tertiary alicyclic amines) is 1. The molecule has 1 saturated heterocycles. The van der Waals surface area contributed by atoms with Crippen LogP contribution in [0.5, 0.6) is 0 Å². The average molecular weight is 752 g/mol. The van der Waals surface area contributed by atoms with Gasteiger partial charge in [0, 0.05) is 39.0 Å². The summed E-state index contributed by atoms with van der Waals surface area (Å²) in [7, 11) is 3.26. The Bertz CT molecular complexity index is 1200. The summed E-state index contributed by atoms with van der Waals surface area (Å²) >= 11 is 0. The van der Waals surface area contributed by atoms with Crippen molar-refractivity contribution < 1.29 is 49.1 Å². The van der Waals surface area contributed by atoms with Gasteiger partial charge < -0.3 is 34.8 Å². The molecule has 8 unspecified atom stereocenters. The van der Waals surface area contributed by atoms with Crippen LogP contribution < -0.4 is 0 Å².